The van der Waals surface area contributed by atoms with Gasteiger partial charge in [0.25, 0.3) is 11.8 Å². The summed E-state index contributed by atoms with van der Waals surface area (Å²) in [5.41, 5.74) is 9.13. The van der Waals surface area contributed by atoms with Crippen LogP contribution in [0.25, 0.3) is 0 Å². The van der Waals surface area contributed by atoms with Gasteiger partial charge in [0, 0.05) is 36.3 Å². The molecule has 0 saturated carbocycles. The van der Waals surface area contributed by atoms with E-state index in [1.54, 1.807) is 29.7 Å². The minimum atomic E-state index is -0.897. The Morgan fingerprint density at radius 1 is 0.848 bits per heavy atom. The first-order valence-electron chi connectivity index (χ1n) is 11.2. The topological polar surface area (TPSA) is 129 Å². The Labute approximate surface area is 195 Å². The summed E-state index contributed by atoms with van der Waals surface area (Å²) >= 11 is 0. The molecule has 176 valence electrons. The number of unbranched alkanes of at least 4 members (excludes halogenated alkanes) is 2. The van der Waals surface area contributed by atoms with E-state index in [2.05, 4.69) is 27.8 Å². The van der Waals surface area contributed by atoms with Gasteiger partial charge in [-0.15, -0.1) is 0 Å². The number of rotatable bonds is 13. The van der Waals surface area contributed by atoms with E-state index in [1.807, 2.05) is 30.3 Å². The number of benzene rings is 2. The highest BCUT2D eigenvalue weighted by Gasteiger charge is 2.20. The number of amides is 2. The first-order valence-corrected chi connectivity index (χ1v) is 11.2. The van der Waals surface area contributed by atoms with E-state index in [9.17, 15) is 9.59 Å². The lowest BCUT2D eigenvalue weighted by molar-refractivity contribution is -0.131. The summed E-state index contributed by atoms with van der Waals surface area (Å²) in [5, 5.41) is 18.1. The lowest BCUT2D eigenvalue weighted by atomic mass is 10.1. The molecule has 1 atom stereocenters. The molecule has 0 radical (unpaired) electrons. The lowest BCUT2D eigenvalue weighted by Crippen LogP contribution is -2.51. The molecular formula is C25H33N5O3. The summed E-state index contributed by atoms with van der Waals surface area (Å²) in [4.78, 5) is 24.5. The van der Waals surface area contributed by atoms with E-state index in [0.29, 0.717) is 18.7 Å². The van der Waals surface area contributed by atoms with Gasteiger partial charge in [0.1, 0.15) is 6.04 Å². The van der Waals surface area contributed by atoms with Crippen LogP contribution < -0.4 is 27.2 Å². The normalized spacial score (nSPS) is 11.2. The molecule has 7 N–H and O–H groups in total. The van der Waals surface area contributed by atoms with E-state index < -0.39 is 17.9 Å². The zero-order chi connectivity index (χ0) is 23.7. The smallest absolute Gasteiger partial charge is 0.267 e. The van der Waals surface area contributed by atoms with E-state index in [4.69, 9.17) is 10.9 Å². The van der Waals surface area contributed by atoms with Crippen LogP contribution in [0.4, 0.5) is 0 Å². The number of hydroxylamine groups is 1. The number of hydrogen-bond acceptors (Lipinski definition) is 6. The van der Waals surface area contributed by atoms with E-state index in [0.717, 1.165) is 43.5 Å². The van der Waals surface area contributed by atoms with Crippen molar-refractivity contribution >= 4 is 11.8 Å². The molecule has 2 rings (SSSR count). The third-order valence-electron chi connectivity index (χ3n) is 4.88. The number of nitrogens with one attached hydrogen (secondary N) is 4. The summed E-state index contributed by atoms with van der Waals surface area (Å²) in [7, 11) is 0. The second-order valence-electron chi connectivity index (χ2n) is 7.50. The van der Waals surface area contributed by atoms with Crippen molar-refractivity contribution in [1.82, 2.24) is 21.4 Å². The zero-order valence-corrected chi connectivity index (χ0v) is 18.8. The van der Waals surface area contributed by atoms with Gasteiger partial charge in [0.15, 0.2) is 0 Å². The summed E-state index contributed by atoms with van der Waals surface area (Å²) in [6.07, 6.45) is 3.02. The molecule has 0 aliphatic carbocycles. The highest BCUT2D eigenvalue weighted by molar-refractivity contribution is 5.97. The van der Waals surface area contributed by atoms with Crippen LogP contribution in [-0.2, 0) is 4.79 Å². The second-order valence-corrected chi connectivity index (χ2v) is 7.50. The Kier molecular flexibility index (Phi) is 12.3. The van der Waals surface area contributed by atoms with Crippen LogP contribution in [0.5, 0.6) is 0 Å². The van der Waals surface area contributed by atoms with E-state index >= 15 is 0 Å². The van der Waals surface area contributed by atoms with Gasteiger partial charge in [-0.3, -0.25) is 14.8 Å². The first-order chi connectivity index (χ1) is 16.1. The van der Waals surface area contributed by atoms with Crippen LogP contribution in [0.2, 0.25) is 0 Å². The Hall–Kier alpha value is -3.22. The fourth-order valence-electron chi connectivity index (χ4n) is 3.05. The van der Waals surface area contributed by atoms with Crippen molar-refractivity contribution in [3.05, 3.63) is 71.3 Å². The quantitative estimate of drug-likeness (QED) is 0.117. The Balaban J connectivity index is 1.80. The summed E-state index contributed by atoms with van der Waals surface area (Å²) in [6, 6.07) is 15.6. The minimum Gasteiger partial charge on any atom is -0.339 e. The summed E-state index contributed by atoms with van der Waals surface area (Å²) in [6.45, 7) is 3.30. The molecule has 0 spiro atoms. The van der Waals surface area contributed by atoms with Gasteiger partial charge >= 0.3 is 0 Å². The molecule has 0 bridgehead atoms. The fourth-order valence-corrected chi connectivity index (χ4v) is 3.05. The van der Waals surface area contributed by atoms with Crippen LogP contribution in [0.15, 0.2) is 54.6 Å². The van der Waals surface area contributed by atoms with Crippen LogP contribution in [0.1, 0.15) is 40.7 Å². The van der Waals surface area contributed by atoms with Gasteiger partial charge in [-0.25, -0.2) is 5.48 Å². The minimum absolute atomic E-state index is 0.212. The van der Waals surface area contributed by atoms with E-state index in [1.165, 1.54) is 0 Å². The first kappa shape index (κ1) is 26.0. The van der Waals surface area contributed by atoms with Crippen LogP contribution in [0.3, 0.4) is 0 Å². The molecule has 0 aliphatic heterocycles. The van der Waals surface area contributed by atoms with Gasteiger partial charge in [-0.2, -0.15) is 0 Å². The fraction of sp³-hybridized carbons (Fsp3) is 0.360. The molecule has 0 aliphatic rings. The number of carbonyl (C=O) groups excluding carboxylic acids is 2. The molecule has 2 aromatic carbocycles. The third kappa shape index (κ3) is 10.3. The Morgan fingerprint density at radius 2 is 1.48 bits per heavy atom. The summed E-state index contributed by atoms with van der Waals surface area (Å²) in [5.74, 6) is 5.04. The monoisotopic (exact) mass is 451 g/mol. The number of nitrogens with two attached hydrogens (primary N) is 1. The molecule has 0 aromatic heterocycles. The highest BCUT2D eigenvalue weighted by Crippen LogP contribution is 2.05. The molecule has 8 heteroatoms. The van der Waals surface area contributed by atoms with Crippen molar-refractivity contribution in [3.8, 4) is 11.8 Å². The molecule has 2 amide bonds. The maximum absolute atomic E-state index is 12.6. The maximum atomic E-state index is 12.6. The highest BCUT2D eigenvalue weighted by atomic mass is 16.5. The van der Waals surface area contributed by atoms with Crippen molar-refractivity contribution in [2.45, 2.75) is 25.3 Å². The second kappa shape index (κ2) is 15.6. The van der Waals surface area contributed by atoms with Gasteiger partial charge in [0.2, 0.25) is 0 Å². The molecule has 1 unspecified atom stereocenters. The largest absolute Gasteiger partial charge is 0.339 e. The van der Waals surface area contributed by atoms with Gasteiger partial charge in [0.05, 0.1) is 0 Å². The van der Waals surface area contributed by atoms with E-state index in [-0.39, 0.29) is 6.54 Å². The standard InChI is InChI=1S/C25H33N5O3/c26-15-18-27-16-5-2-6-17-28-19-23(25(32)30-33)29-24(31)22-13-11-21(12-14-22)10-9-20-7-3-1-4-8-20/h1,3-4,7-8,11-14,23,27-28,33H,2,5-6,15-19,26H2,(H,29,31)(H,30,32). The van der Waals surface area contributed by atoms with Gasteiger partial charge in [-0.05, 0) is 62.3 Å². The Morgan fingerprint density at radius 3 is 2.12 bits per heavy atom. The van der Waals surface area contributed by atoms with Gasteiger partial charge < -0.3 is 21.7 Å². The van der Waals surface area contributed by atoms with Crippen molar-refractivity contribution in [3.63, 3.8) is 0 Å². The maximum Gasteiger partial charge on any atom is 0.267 e. The predicted molar refractivity (Wildman–Crippen MR) is 129 cm³/mol. The van der Waals surface area contributed by atoms with Crippen molar-refractivity contribution in [2.75, 3.05) is 32.7 Å². The molecule has 2 aromatic rings. The molecule has 0 heterocycles. The Bertz CT molecular complexity index is 907. The predicted octanol–water partition coefficient (Wildman–Crippen LogP) is 0.998. The molecule has 0 saturated heterocycles. The van der Waals surface area contributed by atoms with Crippen molar-refractivity contribution < 1.29 is 14.8 Å². The molecule has 0 fully saturated rings. The average Bonchev–Trinajstić information content (AvgIpc) is 2.86. The van der Waals surface area contributed by atoms with Crippen molar-refractivity contribution in [2.24, 2.45) is 5.73 Å². The van der Waals surface area contributed by atoms with Crippen LogP contribution in [-0.4, -0.2) is 55.8 Å². The third-order valence-corrected chi connectivity index (χ3v) is 4.88. The SMILES string of the molecule is NCCNCCCCCNCC(NC(=O)c1ccc(C#Cc2ccccc2)cc1)C(=O)NO. The molecular weight excluding hydrogens is 418 g/mol. The van der Waals surface area contributed by atoms with Crippen LogP contribution in [0, 0.1) is 11.8 Å². The van der Waals surface area contributed by atoms with Crippen molar-refractivity contribution in [1.29, 1.82) is 0 Å². The van der Waals surface area contributed by atoms with Gasteiger partial charge in [-0.1, -0.05) is 36.5 Å². The lowest BCUT2D eigenvalue weighted by Gasteiger charge is -2.17. The summed E-state index contributed by atoms with van der Waals surface area (Å²) < 4.78 is 0. The number of carbonyl (C=O) groups is 2. The number of hydrogen-bond donors (Lipinski definition) is 6. The molecule has 33 heavy (non-hydrogen) atoms. The average molecular weight is 452 g/mol. The van der Waals surface area contributed by atoms with Crippen LogP contribution >= 0.6 is 0 Å². The zero-order valence-electron chi connectivity index (χ0n) is 18.8. The molecule has 8 nitrogen and oxygen atoms in total.